The van der Waals surface area contributed by atoms with Gasteiger partial charge in [0.1, 0.15) is 0 Å². The van der Waals surface area contributed by atoms with Crippen LogP contribution >= 0.6 is 0 Å². The maximum absolute atomic E-state index is 6.20. The summed E-state index contributed by atoms with van der Waals surface area (Å²) in [5.41, 5.74) is 0.306. The maximum atomic E-state index is 6.20. The van der Waals surface area contributed by atoms with Gasteiger partial charge in [-0.2, -0.15) is 0 Å². The molecule has 2 rings (SSSR count). The molecule has 2 aliphatic heterocycles. The Kier molecular flexibility index (Phi) is 4.91. The lowest BCUT2D eigenvalue weighted by Gasteiger charge is -2.44. The lowest BCUT2D eigenvalue weighted by molar-refractivity contribution is -0.000823. The Morgan fingerprint density at radius 3 is 2.58 bits per heavy atom. The second kappa shape index (κ2) is 6.11. The molecule has 2 aliphatic rings. The Labute approximate surface area is 119 Å². The molecule has 112 valence electrons. The number of ether oxygens (including phenoxy) is 1. The summed E-state index contributed by atoms with van der Waals surface area (Å²) >= 11 is 0. The molecule has 1 unspecified atom stereocenters. The van der Waals surface area contributed by atoms with Crippen LogP contribution in [0.15, 0.2) is 0 Å². The summed E-state index contributed by atoms with van der Waals surface area (Å²) in [4.78, 5) is 5.28. The minimum atomic E-state index is 0.306. The summed E-state index contributed by atoms with van der Waals surface area (Å²) < 4.78 is 6.20. The first-order valence-electron chi connectivity index (χ1n) is 8.04. The van der Waals surface area contributed by atoms with Gasteiger partial charge in [0.25, 0.3) is 0 Å². The van der Waals surface area contributed by atoms with Crippen LogP contribution in [0, 0.1) is 0 Å². The lowest BCUT2D eigenvalue weighted by atomic mass is 10.0. The van der Waals surface area contributed by atoms with Gasteiger partial charge in [-0.3, -0.25) is 9.80 Å². The van der Waals surface area contributed by atoms with E-state index in [9.17, 15) is 0 Å². The van der Waals surface area contributed by atoms with Crippen molar-refractivity contribution in [3.05, 3.63) is 0 Å². The molecule has 0 radical (unpaired) electrons. The number of rotatable bonds is 4. The van der Waals surface area contributed by atoms with Gasteiger partial charge in [0.05, 0.1) is 12.2 Å². The van der Waals surface area contributed by atoms with Crippen molar-refractivity contribution in [1.29, 1.82) is 0 Å². The molecule has 0 aromatic carbocycles. The second-order valence-corrected chi connectivity index (χ2v) is 7.36. The van der Waals surface area contributed by atoms with Gasteiger partial charge >= 0.3 is 0 Å². The smallest absolute Gasteiger partial charge is 0.0721 e. The summed E-state index contributed by atoms with van der Waals surface area (Å²) in [6, 6.07) is 0.715. The monoisotopic (exact) mass is 268 g/mol. The zero-order valence-electron chi connectivity index (χ0n) is 13.5. The quantitative estimate of drug-likeness (QED) is 0.780. The van der Waals surface area contributed by atoms with Crippen LogP contribution in [0.4, 0.5) is 0 Å². The van der Waals surface area contributed by atoms with Crippen LogP contribution in [-0.4, -0.2) is 59.8 Å². The number of fused-ring (bicyclic) bond motifs is 1. The van der Waals surface area contributed by atoms with Gasteiger partial charge in [-0.25, -0.2) is 0 Å². The Hall–Kier alpha value is -0.120. The Balaban J connectivity index is 1.84. The van der Waals surface area contributed by atoms with Crippen molar-refractivity contribution >= 4 is 0 Å². The summed E-state index contributed by atoms with van der Waals surface area (Å²) in [5, 5.41) is 0. The van der Waals surface area contributed by atoms with Gasteiger partial charge in [0.2, 0.25) is 0 Å². The van der Waals surface area contributed by atoms with Crippen LogP contribution in [0.3, 0.4) is 0 Å². The first-order chi connectivity index (χ1) is 8.90. The minimum Gasteiger partial charge on any atom is -0.374 e. The molecule has 0 amide bonds. The molecule has 0 N–H and O–H groups in total. The minimum absolute atomic E-state index is 0.306. The van der Waals surface area contributed by atoms with Gasteiger partial charge in [-0.05, 0) is 40.5 Å². The fraction of sp³-hybridized carbons (Fsp3) is 1.00. The summed E-state index contributed by atoms with van der Waals surface area (Å²) in [7, 11) is 0. The molecule has 0 bridgehead atoms. The molecule has 2 fully saturated rings. The van der Waals surface area contributed by atoms with Gasteiger partial charge in [0.15, 0.2) is 0 Å². The largest absolute Gasteiger partial charge is 0.374 e. The van der Waals surface area contributed by atoms with E-state index in [2.05, 4.69) is 44.4 Å². The van der Waals surface area contributed by atoms with E-state index in [1.165, 1.54) is 38.9 Å². The number of nitrogens with zero attached hydrogens (tertiary/aromatic N) is 2. The topological polar surface area (TPSA) is 15.7 Å². The van der Waals surface area contributed by atoms with E-state index in [0.29, 0.717) is 23.8 Å². The number of hydrogen-bond donors (Lipinski definition) is 0. The zero-order chi connectivity index (χ0) is 14.0. The van der Waals surface area contributed by atoms with Crippen LogP contribution in [0.25, 0.3) is 0 Å². The molecule has 0 aromatic rings. The zero-order valence-corrected chi connectivity index (χ0v) is 13.5. The average molecular weight is 268 g/mol. The van der Waals surface area contributed by atoms with Crippen molar-refractivity contribution in [2.75, 3.05) is 26.2 Å². The molecule has 0 aromatic heterocycles. The highest BCUT2D eigenvalue weighted by molar-refractivity contribution is 4.94. The van der Waals surface area contributed by atoms with E-state index in [0.717, 1.165) is 6.54 Å². The predicted octanol–water partition coefficient (Wildman–Crippen LogP) is 2.75. The Bertz CT molecular complexity index is 287. The SMILES string of the molecule is CCCC(C)O[C@@H]1C[C@@H]2CN(C(C)(C)C)CCN2C1. The van der Waals surface area contributed by atoms with Crippen molar-refractivity contribution in [3.63, 3.8) is 0 Å². The third-order valence-electron chi connectivity index (χ3n) is 4.65. The fourth-order valence-corrected chi connectivity index (χ4v) is 3.51. The average Bonchev–Trinajstić information content (AvgIpc) is 2.68. The van der Waals surface area contributed by atoms with E-state index in [-0.39, 0.29) is 0 Å². The fourth-order valence-electron chi connectivity index (χ4n) is 3.51. The molecular weight excluding hydrogens is 236 g/mol. The van der Waals surface area contributed by atoms with Gasteiger partial charge in [-0.15, -0.1) is 0 Å². The van der Waals surface area contributed by atoms with Crippen molar-refractivity contribution < 1.29 is 4.74 Å². The second-order valence-electron chi connectivity index (χ2n) is 7.36. The first-order valence-corrected chi connectivity index (χ1v) is 8.04. The van der Waals surface area contributed by atoms with E-state index < -0.39 is 0 Å². The van der Waals surface area contributed by atoms with Gasteiger partial charge in [-0.1, -0.05) is 13.3 Å². The van der Waals surface area contributed by atoms with Crippen molar-refractivity contribution in [2.24, 2.45) is 0 Å². The Morgan fingerprint density at radius 1 is 1.21 bits per heavy atom. The molecule has 2 saturated heterocycles. The Morgan fingerprint density at radius 2 is 1.95 bits per heavy atom. The molecule has 19 heavy (non-hydrogen) atoms. The molecule has 3 atom stereocenters. The van der Waals surface area contributed by atoms with E-state index in [1.54, 1.807) is 0 Å². The highest BCUT2D eigenvalue weighted by Crippen LogP contribution is 2.28. The molecule has 0 saturated carbocycles. The molecule has 3 heteroatoms. The van der Waals surface area contributed by atoms with Crippen LogP contribution in [0.5, 0.6) is 0 Å². The van der Waals surface area contributed by atoms with Gasteiger partial charge in [0, 0.05) is 37.8 Å². The standard InChI is InChI=1S/C16H32N2O/c1-6-7-13(2)19-15-10-14-11-18(16(3,4)5)9-8-17(14)12-15/h13-15H,6-12H2,1-5H3/t13?,14-,15-/m1/s1. The highest BCUT2D eigenvalue weighted by Gasteiger charge is 2.39. The lowest BCUT2D eigenvalue weighted by Crippen LogP contribution is -2.56. The van der Waals surface area contributed by atoms with E-state index >= 15 is 0 Å². The molecule has 3 nitrogen and oxygen atoms in total. The van der Waals surface area contributed by atoms with Crippen LogP contribution < -0.4 is 0 Å². The van der Waals surface area contributed by atoms with Crippen LogP contribution in [-0.2, 0) is 4.74 Å². The van der Waals surface area contributed by atoms with E-state index in [1.807, 2.05) is 0 Å². The summed E-state index contributed by atoms with van der Waals surface area (Å²) in [6.45, 7) is 16.2. The third kappa shape index (κ3) is 3.93. The van der Waals surface area contributed by atoms with E-state index in [4.69, 9.17) is 4.74 Å². The van der Waals surface area contributed by atoms with Crippen molar-refractivity contribution in [1.82, 2.24) is 9.80 Å². The number of piperazine rings is 1. The van der Waals surface area contributed by atoms with Crippen LogP contribution in [0.1, 0.15) is 53.9 Å². The van der Waals surface area contributed by atoms with Gasteiger partial charge < -0.3 is 4.74 Å². The highest BCUT2D eigenvalue weighted by atomic mass is 16.5. The van der Waals surface area contributed by atoms with Crippen LogP contribution in [0.2, 0.25) is 0 Å². The van der Waals surface area contributed by atoms with Crippen molar-refractivity contribution in [3.8, 4) is 0 Å². The molecular formula is C16H32N2O. The first kappa shape index (κ1) is 15.3. The maximum Gasteiger partial charge on any atom is 0.0721 e. The number of hydrogen-bond acceptors (Lipinski definition) is 3. The molecule has 2 heterocycles. The normalized spacial score (nSPS) is 31.4. The predicted molar refractivity (Wildman–Crippen MR) is 80.5 cm³/mol. The summed E-state index contributed by atoms with van der Waals surface area (Å²) in [6.07, 6.45) is 4.52. The molecule has 0 spiro atoms. The molecule has 0 aliphatic carbocycles. The van der Waals surface area contributed by atoms with Crippen molar-refractivity contribution in [2.45, 2.75) is 77.7 Å². The third-order valence-corrected chi connectivity index (χ3v) is 4.65. The summed E-state index contributed by atoms with van der Waals surface area (Å²) in [5.74, 6) is 0.